The number of carbonyl (C=O) groups is 2. The summed E-state index contributed by atoms with van der Waals surface area (Å²) in [5.41, 5.74) is 3.79. The largest absolute Gasteiger partial charge is 0.493 e. The topological polar surface area (TPSA) is 120 Å². The van der Waals surface area contributed by atoms with Crippen molar-refractivity contribution in [3.8, 4) is 22.8 Å². The number of rotatable bonds is 11. The molecule has 0 radical (unpaired) electrons. The lowest BCUT2D eigenvalue weighted by atomic mass is 10.1. The fourth-order valence-corrected chi connectivity index (χ4v) is 4.92. The maximum absolute atomic E-state index is 12.5. The van der Waals surface area contributed by atoms with Crippen LogP contribution in [0.25, 0.3) is 17.3 Å². The van der Waals surface area contributed by atoms with Crippen LogP contribution in [0.2, 0.25) is 0 Å². The lowest BCUT2D eigenvalue weighted by Crippen LogP contribution is -2.22. The maximum atomic E-state index is 12.5. The third-order valence-corrected chi connectivity index (χ3v) is 7.39. The molecule has 2 heterocycles. The van der Waals surface area contributed by atoms with Crippen molar-refractivity contribution in [2.45, 2.75) is 18.6 Å². The van der Waals surface area contributed by atoms with Crippen molar-refractivity contribution in [3.63, 3.8) is 0 Å². The zero-order valence-corrected chi connectivity index (χ0v) is 23.6. The number of carbonyl (C=O) groups excluding carboxylic acids is 2. The number of hydrogen-bond acceptors (Lipinski definition) is 9. The van der Waals surface area contributed by atoms with Gasteiger partial charge in [0.05, 0.1) is 32.2 Å². The number of ether oxygens (including phenoxy) is 2. The van der Waals surface area contributed by atoms with Gasteiger partial charge in [-0.3, -0.25) is 9.59 Å². The summed E-state index contributed by atoms with van der Waals surface area (Å²) in [5, 5.41) is 16.9. The van der Waals surface area contributed by atoms with Crippen molar-refractivity contribution in [2.75, 3.05) is 25.3 Å². The lowest BCUT2D eigenvalue weighted by molar-refractivity contribution is -0.116. The molecule has 0 fully saturated rings. The number of anilines is 1. The second kappa shape index (κ2) is 13.1. The minimum Gasteiger partial charge on any atom is -0.493 e. The summed E-state index contributed by atoms with van der Waals surface area (Å²) in [6.07, 6.45) is 3.11. The van der Waals surface area contributed by atoms with Crippen LogP contribution in [0.5, 0.6) is 11.5 Å². The van der Waals surface area contributed by atoms with Crippen molar-refractivity contribution >= 4 is 46.1 Å². The molecule has 2 aromatic heterocycles. The molecule has 2 N–H and O–H groups in total. The molecule has 39 heavy (non-hydrogen) atoms. The highest BCUT2D eigenvalue weighted by Gasteiger charge is 2.14. The van der Waals surface area contributed by atoms with E-state index in [4.69, 9.17) is 9.47 Å². The van der Waals surface area contributed by atoms with Gasteiger partial charge in [0.15, 0.2) is 27.6 Å². The van der Waals surface area contributed by atoms with E-state index in [1.165, 1.54) is 34.7 Å². The van der Waals surface area contributed by atoms with Crippen LogP contribution in [0.1, 0.15) is 17.0 Å². The summed E-state index contributed by atoms with van der Waals surface area (Å²) >= 11 is 2.63. The predicted molar refractivity (Wildman–Crippen MR) is 153 cm³/mol. The van der Waals surface area contributed by atoms with Crippen LogP contribution < -0.4 is 20.1 Å². The van der Waals surface area contributed by atoms with Crippen molar-refractivity contribution < 1.29 is 19.1 Å². The van der Waals surface area contributed by atoms with Gasteiger partial charge in [-0.2, -0.15) is 0 Å². The Morgan fingerprint density at radius 1 is 1.08 bits per heavy atom. The summed E-state index contributed by atoms with van der Waals surface area (Å²) in [4.78, 5) is 29.3. The molecule has 0 unspecified atom stereocenters. The molecule has 0 aliphatic carbocycles. The first-order valence-electron chi connectivity index (χ1n) is 11.9. The highest BCUT2D eigenvalue weighted by atomic mass is 32.2. The number of aryl methyl sites for hydroxylation is 1. The molecule has 4 rings (SSSR count). The molecule has 12 heteroatoms. The van der Waals surface area contributed by atoms with E-state index in [1.54, 1.807) is 44.0 Å². The fourth-order valence-electron chi connectivity index (χ4n) is 3.45. The summed E-state index contributed by atoms with van der Waals surface area (Å²) < 4.78 is 12.3. The number of aromatic nitrogens is 4. The van der Waals surface area contributed by atoms with E-state index >= 15 is 0 Å². The Hall–Kier alpha value is -4.16. The van der Waals surface area contributed by atoms with Crippen molar-refractivity contribution in [3.05, 3.63) is 70.9 Å². The van der Waals surface area contributed by atoms with E-state index in [2.05, 4.69) is 25.8 Å². The number of benzene rings is 2. The molecule has 2 aromatic carbocycles. The van der Waals surface area contributed by atoms with Gasteiger partial charge in [0.2, 0.25) is 11.8 Å². The highest BCUT2D eigenvalue weighted by Crippen LogP contribution is 2.28. The molecule has 0 aliphatic rings. The van der Waals surface area contributed by atoms with Crippen LogP contribution in [0.3, 0.4) is 0 Å². The monoisotopic (exact) mass is 564 g/mol. The minimum atomic E-state index is -0.283. The molecule has 0 aliphatic heterocycles. The zero-order chi connectivity index (χ0) is 27.8. The Morgan fingerprint density at radius 2 is 1.85 bits per heavy atom. The van der Waals surface area contributed by atoms with Gasteiger partial charge in [-0.05, 0) is 30.7 Å². The van der Waals surface area contributed by atoms with Gasteiger partial charge in [-0.25, -0.2) is 4.98 Å². The van der Waals surface area contributed by atoms with Crippen molar-refractivity contribution in [2.24, 2.45) is 7.05 Å². The average Bonchev–Trinajstić information content (AvgIpc) is 3.55. The highest BCUT2D eigenvalue weighted by molar-refractivity contribution is 7.99. The average molecular weight is 565 g/mol. The number of amides is 2. The van der Waals surface area contributed by atoms with Crippen LogP contribution in [0.4, 0.5) is 5.13 Å². The number of nitrogens with one attached hydrogen (secondary N) is 2. The zero-order valence-electron chi connectivity index (χ0n) is 21.9. The second-order valence-corrected chi connectivity index (χ2v) is 10.2. The molecule has 0 bridgehead atoms. The Labute approximate surface area is 234 Å². The smallest absolute Gasteiger partial charge is 0.244 e. The van der Waals surface area contributed by atoms with Gasteiger partial charge < -0.3 is 24.7 Å². The second-order valence-electron chi connectivity index (χ2n) is 8.36. The van der Waals surface area contributed by atoms with Crippen molar-refractivity contribution in [1.29, 1.82) is 0 Å². The van der Waals surface area contributed by atoms with Crippen LogP contribution in [-0.2, 0) is 23.2 Å². The fraction of sp³-hybridized carbons (Fsp3) is 0.222. The van der Waals surface area contributed by atoms with E-state index in [-0.39, 0.29) is 24.1 Å². The summed E-state index contributed by atoms with van der Waals surface area (Å²) in [6, 6.07) is 13.5. The number of hydrogen-bond donors (Lipinski definition) is 2. The molecule has 0 saturated carbocycles. The minimum absolute atomic E-state index is 0.145. The van der Waals surface area contributed by atoms with Crippen LogP contribution in [0, 0.1) is 6.92 Å². The first kappa shape index (κ1) is 27.9. The summed E-state index contributed by atoms with van der Waals surface area (Å²) in [7, 11) is 4.91. The Morgan fingerprint density at radius 3 is 2.59 bits per heavy atom. The van der Waals surface area contributed by atoms with E-state index < -0.39 is 0 Å². The molecule has 202 valence electrons. The lowest BCUT2D eigenvalue weighted by Gasteiger charge is -2.07. The van der Waals surface area contributed by atoms with Gasteiger partial charge in [-0.1, -0.05) is 47.7 Å². The molecule has 0 saturated heterocycles. The SMILES string of the molecule is COc1ccc(/C=C/C(=O)NCc2nnc(SCC(=O)Nc3nc(-c4ccc(C)cc4)cs3)n2C)cc1OC. The van der Waals surface area contributed by atoms with E-state index in [0.717, 1.165) is 16.8 Å². The van der Waals surface area contributed by atoms with Gasteiger partial charge in [0.1, 0.15) is 0 Å². The standard InChI is InChI=1S/C27H28N6O4S2/c1-17-5-9-19(10-6-17)20-15-38-26(29-20)30-25(35)16-39-27-32-31-23(33(27)2)14-28-24(34)12-8-18-7-11-21(36-3)22(13-18)37-4/h5-13,15H,14,16H2,1-4H3,(H,28,34)(H,29,30,35)/b12-8+. The normalized spacial score (nSPS) is 11.0. The van der Waals surface area contributed by atoms with Crippen LogP contribution in [0.15, 0.2) is 59.1 Å². The maximum Gasteiger partial charge on any atom is 0.244 e. The first-order valence-corrected chi connectivity index (χ1v) is 13.7. The number of nitrogens with zero attached hydrogens (tertiary/aromatic N) is 4. The Kier molecular flexibility index (Phi) is 9.34. The van der Waals surface area contributed by atoms with Crippen molar-refractivity contribution in [1.82, 2.24) is 25.1 Å². The van der Waals surface area contributed by atoms with Crippen LogP contribution >= 0.6 is 23.1 Å². The van der Waals surface area contributed by atoms with E-state index in [0.29, 0.717) is 27.6 Å². The van der Waals surface area contributed by atoms with Crippen LogP contribution in [-0.4, -0.2) is 51.5 Å². The molecule has 10 nitrogen and oxygen atoms in total. The van der Waals surface area contributed by atoms with E-state index in [9.17, 15) is 9.59 Å². The Bertz CT molecular complexity index is 1480. The molecular formula is C27H28N6O4S2. The quantitative estimate of drug-likeness (QED) is 0.204. The number of thioether (sulfide) groups is 1. The summed E-state index contributed by atoms with van der Waals surface area (Å²) in [6.45, 7) is 2.22. The van der Waals surface area contributed by atoms with E-state index in [1.807, 2.05) is 42.6 Å². The number of thiazole rings is 1. The first-order chi connectivity index (χ1) is 18.9. The van der Waals surface area contributed by atoms with Gasteiger partial charge >= 0.3 is 0 Å². The number of methoxy groups -OCH3 is 2. The van der Waals surface area contributed by atoms with Gasteiger partial charge in [0, 0.05) is 24.1 Å². The third-order valence-electron chi connectivity index (χ3n) is 5.61. The van der Waals surface area contributed by atoms with Gasteiger partial charge in [0.25, 0.3) is 0 Å². The predicted octanol–water partition coefficient (Wildman–Crippen LogP) is 4.32. The molecule has 0 atom stereocenters. The summed E-state index contributed by atoms with van der Waals surface area (Å²) in [5.74, 6) is 1.43. The molecular weight excluding hydrogens is 536 g/mol. The molecule has 4 aromatic rings. The Balaban J connectivity index is 1.25. The third kappa shape index (κ3) is 7.45. The van der Waals surface area contributed by atoms with Gasteiger partial charge in [-0.15, -0.1) is 21.5 Å². The molecule has 2 amide bonds. The molecule has 0 spiro atoms.